The number of allylic oxidation sites excluding steroid dienone is 18. The lowest BCUT2D eigenvalue weighted by Crippen LogP contribution is -2.30. The number of ether oxygens (including phenoxy) is 3. The van der Waals surface area contributed by atoms with E-state index >= 15 is 0 Å². The van der Waals surface area contributed by atoms with Crippen molar-refractivity contribution in [3.8, 4) is 0 Å². The molecule has 0 saturated heterocycles. The molecular formula is C60H99O11P. The summed E-state index contributed by atoms with van der Waals surface area (Å²) >= 11 is 0. The molecule has 3 atom stereocenters. The first kappa shape index (κ1) is 68.1. The summed E-state index contributed by atoms with van der Waals surface area (Å²) in [5.74, 6) is -1.55. The number of aliphatic hydroxyl groups excluding tert-OH is 1. The number of aliphatic hydroxyl groups is 1. The number of unbranched alkanes of at least 4 members (excludes halogenated alkanes) is 15. The van der Waals surface area contributed by atoms with Gasteiger partial charge in [0.05, 0.1) is 19.8 Å². The summed E-state index contributed by atoms with van der Waals surface area (Å²) in [5.41, 5.74) is 0. The van der Waals surface area contributed by atoms with Gasteiger partial charge in [-0.05, 0) is 116 Å². The second-order valence-corrected chi connectivity index (χ2v) is 19.4. The van der Waals surface area contributed by atoms with E-state index in [0.29, 0.717) is 19.3 Å². The fourth-order valence-corrected chi connectivity index (χ4v) is 7.75. The molecule has 0 amide bonds. The van der Waals surface area contributed by atoms with Crippen LogP contribution in [-0.4, -0.2) is 66.5 Å². The smallest absolute Gasteiger partial charge is 0.462 e. The van der Waals surface area contributed by atoms with Crippen LogP contribution in [0.2, 0.25) is 0 Å². The fourth-order valence-electron chi connectivity index (χ4n) is 6.96. The molecule has 0 aromatic rings. The lowest BCUT2D eigenvalue weighted by molar-refractivity contribution is -0.161. The normalized spacial score (nSPS) is 14.2. The number of hydrogen-bond donors (Lipinski definition) is 2. The van der Waals surface area contributed by atoms with Crippen LogP contribution < -0.4 is 0 Å². The van der Waals surface area contributed by atoms with E-state index in [2.05, 4.69) is 130 Å². The van der Waals surface area contributed by atoms with Crippen molar-refractivity contribution in [2.24, 2.45) is 0 Å². The molecule has 0 aromatic carbocycles. The second-order valence-electron chi connectivity index (χ2n) is 18.0. The number of esters is 3. The Morgan fingerprint density at radius 3 is 1.15 bits per heavy atom. The number of carbonyl (C=O) groups excluding carboxylic acids is 3. The molecule has 0 heterocycles. The van der Waals surface area contributed by atoms with Crippen molar-refractivity contribution in [3.63, 3.8) is 0 Å². The van der Waals surface area contributed by atoms with Crippen molar-refractivity contribution in [2.75, 3.05) is 26.4 Å². The lowest BCUT2D eigenvalue weighted by Gasteiger charge is -2.21. The van der Waals surface area contributed by atoms with Gasteiger partial charge in [0.25, 0.3) is 0 Å². The largest absolute Gasteiger partial charge is 0.472 e. The minimum atomic E-state index is -4.77. The Balaban J connectivity index is 4.84. The van der Waals surface area contributed by atoms with Gasteiger partial charge in [-0.2, -0.15) is 0 Å². The zero-order valence-corrected chi connectivity index (χ0v) is 46.0. The Bertz CT molecular complexity index is 1620. The molecule has 0 radical (unpaired) electrons. The number of hydrogen-bond acceptors (Lipinski definition) is 10. The van der Waals surface area contributed by atoms with Crippen LogP contribution >= 0.6 is 7.82 Å². The van der Waals surface area contributed by atoms with Crippen molar-refractivity contribution in [1.82, 2.24) is 0 Å². The predicted octanol–water partition coefficient (Wildman–Crippen LogP) is 16.2. The molecule has 410 valence electrons. The summed E-state index contributed by atoms with van der Waals surface area (Å²) in [4.78, 5) is 48.4. The van der Waals surface area contributed by atoms with Crippen LogP contribution in [0.5, 0.6) is 0 Å². The van der Waals surface area contributed by atoms with Gasteiger partial charge in [0.1, 0.15) is 12.7 Å². The summed E-state index contributed by atoms with van der Waals surface area (Å²) in [6, 6.07) is 0. The maximum atomic E-state index is 12.9. The number of rotatable bonds is 50. The van der Waals surface area contributed by atoms with E-state index in [-0.39, 0.29) is 25.9 Å². The SMILES string of the molecule is CC/C=C\C/C=C\C/C=C\C/C=C\CCCCCCCCC(=O)OC(COC(=O)CCCC/C=C\C/C=C\C/C=C\C/C=C\CC)COP(=O)(O)OCC(CO)OC(=O)CCCCCCC/C=C\CCCC. The third-order valence-corrected chi connectivity index (χ3v) is 12.1. The van der Waals surface area contributed by atoms with Gasteiger partial charge in [-0.1, -0.05) is 188 Å². The highest BCUT2D eigenvalue weighted by atomic mass is 31.2. The minimum absolute atomic E-state index is 0.136. The van der Waals surface area contributed by atoms with Crippen LogP contribution in [0.3, 0.4) is 0 Å². The van der Waals surface area contributed by atoms with Gasteiger partial charge in [0.2, 0.25) is 0 Å². The highest BCUT2D eigenvalue weighted by Gasteiger charge is 2.28. The molecule has 0 aliphatic rings. The van der Waals surface area contributed by atoms with Crippen LogP contribution in [0.4, 0.5) is 0 Å². The quantitative estimate of drug-likeness (QED) is 0.0197. The highest BCUT2D eigenvalue weighted by Crippen LogP contribution is 2.43. The van der Waals surface area contributed by atoms with E-state index in [4.69, 9.17) is 23.3 Å². The Labute approximate surface area is 437 Å². The molecule has 12 heteroatoms. The molecule has 11 nitrogen and oxygen atoms in total. The summed E-state index contributed by atoms with van der Waals surface area (Å²) in [7, 11) is -4.77. The van der Waals surface area contributed by atoms with Gasteiger partial charge < -0.3 is 24.2 Å². The van der Waals surface area contributed by atoms with Crippen molar-refractivity contribution in [3.05, 3.63) is 109 Å². The Kier molecular flexibility index (Phi) is 50.6. The van der Waals surface area contributed by atoms with E-state index < -0.39 is 57.8 Å². The van der Waals surface area contributed by atoms with Crippen LogP contribution in [-0.2, 0) is 42.2 Å². The first-order valence-corrected chi connectivity index (χ1v) is 29.3. The maximum absolute atomic E-state index is 12.9. The van der Waals surface area contributed by atoms with Crippen molar-refractivity contribution in [1.29, 1.82) is 0 Å². The summed E-state index contributed by atoms with van der Waals surface area (Å²) in [5, 5.41) is 9.78. The second kappa shape index (κ2) is 53.4. The average molecular weight is 1030 g/mol. The topological polar surface area (TPSA) is 155 Å². The summed E-state index contributed by atoms with van der Waals surface area (Å²) in [6.07, 6.45) is 63.4. The van der Waals surface area contributed by atoms with Gasteiger partial charge >= 0.3 is 25.7 Å². The zero-order valence-electron chi connectivity index (χ0n) is 45.1. The van der Waals surface area contributed by atoms with Crippen LogP contribution in [0.1, 0.15) is 213 Å². The average Bonchev–Trinajstić information content (AvgIpc) is 3.37. The van der Waals surface area contributed by atoms with Gasteiger partial charge in [-0.25, -0.2) is 4.57 Å². The third-order valence-electron chi connectivity index (χ3n) is 11.2. The van der Waals surface area contributed by atoms with E-state index in [0.717, 1.165) is 141 Å². The van der Waals surface area contributed by atoms with Crippen molar-refractivity contribution < 1.29 is 52.2 Å². The molecule has 0 aliphatic carbocycles. The molecule has 0 bridgehead atoms. The molecule has 0 fully saturated rings. The van der Waals surface area contributed by atoms with Crippen molar-refractivity contribution in [2.45, 2.75) is 226 Å². The molecular weight excluding hydrogens is 928 g/mol. The summed E-state index contributed by atoms with van der Waals surface area (Å²) in [6.45, 7) is 4.28. The molecule has 0 spiro atoms. The van der Waals surface area contributed by atoms with Gasteiger partial charge in [-0.3, -0.25) is 23.4 Å². The van der Waals surface area contributed by atoms with Crippen LogP contribution in [0, 0.1) is 0 Å². The van der Waals surface area contributed by atoms with Crippen LogP contribution in [0.15, 0.2) is 109 Å². The molecule has 2 N–H and O–H groups in total. The standard InChI is InChI=1S/C60H99O11P/c1-4-7-10-13-16-19-22-24-26-27-28-29-31-33-36-39-42-45-48-51-60(64)71-57(53-67-58(62)49-46-43-40-37-35-32-30-25-23-20-17-14-11-8-5-2)55-69-72(65,66)68-54-56(52-61)70-59(63)50-47-44-41-38-34-21-18-15-12-9-6-3/h7-8,10-11,15-20,24-26,28-30,35,37,56-57,61H,4-6,9,12-14,21-23,27,31-34,36,38-55H2,1-3H3,(H,65,66)/b10-7-,11-8-,18-15-,19-16-,20-17-,26-24-,29-28-,30-25-,37-35-. The fraction of sp³-hybridized carbons (Fsp3) is 0.650. The highest BCUT2D eigenvalue weighted by molar-refractivity contribution is 7.47. The van der Waals surface area contributed by atoms with Gasteiger partial charge in [0, 0.05) is 19.3 Å². The summed E-state index contributed by atoms with van der Waals surface area (Å²) < 4.78 is 39.4. The third kappa shape index (κ3) is 51.1. The zero-order chi connectivity index (χ0) is 52.7. The van der Waals surface area contributed by atoms with Gasteiger partial charge in [-0.15, -0.1) is 0 Å². The maximum Gasteiger partial charge on any atom is 0.472 e. The monoisotopic (exact) mass is 1030 g/mol. The minimum Gasteiger partial charge on any atom is -0.462 e. The van der Waals surface area contributed by atoms with Gasteiger partial charge in [0.15, 0.2) is 6.10 Å². The number of phosphoric acid groups is 1. The molecule has 0 saturated carbocycles. The first-order chi connectivity index (χ1) is 35.2. The number of phosphoric ester groups is 1. The Morgan fingerprint density at radius 2 is 0.722 bits per heavy atom. The first-order valence-electron chi connectivity index (χ1n) is 27.8. The predicted molar refractivity (Wildman–Crippen MR) is 297 cm³/mol. The Hall–Kier alpha value is -3.86. The molecule has 0 aliphatic heterocycles. The van der Waals surface area contributed by atoms with Crippen LogP contribution in [0.25, 0.3) is 0 Å². The molecule has 0 aromatic heterocycles. The van der Waals surface area contributed by atoms with E-state index in [1.54, 1.807) is 0 Å². The molecule has 72 heavy (non-hydrogen) atoms. The Morgan fingerprint density at radius 1 is 0.403 bits per heavy atom. The molecule has 0 rings (SSSR count). The van der Waals surface area contributed by atoms with E-state index in [1.807, 2.05) is 0 Å². The van der Waals surface area contributed by atoms with Crippen molar-refractivity contribution >= 4 is 25.7 Å². The lowest BCUT2D eigenvalue weighted by atomic mass is 10.1. The number of carbonyl (C=O) groups is 3. The van der Waals surface area contributed by atoms with E-state index in [9.17, 15) is 28.9 Å². The van der Waals surface area contributed by atoms with E-state index in [1.165, 1.54) is 12.8 Å². The molecule has 3 unspecified atom stereocenters.